The molecular formula is C10H12BrF3N2. The lowest BCUT2D eigenvalue weighted by Gasteiger charge is -2.29. The minimum absolute atomic E-state index is 0.211. The normalized spacial score (nSPS) is 12.7. The van der Waals surface area contributed by atoms with Crippen molar-refractivity contribution in [1.82, 2.24) is 4.98 Å². The van der Waals surface area contributed by atoms with Crippen LogP contribution in [0.4, 0.5) is 19.0 Å². The van der Waals surface area contributed by atoms with E-state index >= 15 is 0 Å². The molecule has 0 fully saturated rings. The number of alkyl halides is 3. The third-order valence-corrected chi connectivity index (χ3v) is 3.03. The molecule has 1 rings (SSSR count). The summed E-state index contributed by atoms with van der Waals surface area (Å²) in [7, 11) is 0. The van der Waals surface area contributed by atoms with E-state index in [1.54, 1.807) is 13.0 Å². The second kappa shape index (κ2) is 4.24. The average Bonchev–Trinajstić information content (AvgIpc) is 2.09. The van der Waals surface area contributed by atoms with E-state index in [2.05, 4.69) is 26.2 Å². The Balaban J connectivity index is 2.93. The summed E-state index contributed by atoms with van der Waals surface area (Å²) < 4.78 is 38.6. The lowest BCUT2D eigenvalue weighted by atomic mass is 10.1. The monoisotopic (exact) mass is 296 g/mol. The van der Waals surface area contributed by atoms with Gasteiger partial charge >= 0.3 is 6.18 Å². The van der Waals surface area contributed by atoms with Crippen molar-refractivity contribution in [3.8, 4) is 0 Å². The van der Waals surface area contributed by atoms with Crippen molar-refractivity contribution in [1.29, 1.82) is 0 Å². The molecule has 0 saturated heterocycles. The van der Waals surface area contributed by atoms with Crippen molar-refractivity contribution < 1.29 is 13.2 Å². The predicted octanol–water partition coefficient (Wildman–Crippen LogP) is 3.91. The molecule has 0 aromatic carbocycles. The number of pyridine rings is 1. The summed E-state index contributed by atoms with van der Waals surface area (Å²) in [6, 6.07) is 1.57. The van der Waals surface area contributed by atoms with Crippen molar-refractivity contribution in [3.63, 3.8) is 0 Å². The highest BCUT2D eigenvalue weighted by Gasteiger charge is 2.47. The number of hydrogen-bond donors (Lipinski definition) is 1. The first-order valence-electron chi connectivity index (χ1n) is 4.60. The first-order valence-corrected chi connectivity index (χ1v) is 5.40. The molecule has 0 aliphatic carbocycles. The van der Waals surface area contributed by atoms with E-state index in [1.165, 1.54) is 6.20 Å². The summed E-state index contributed by atoms with van der Waals surface area (Å²) in [4.78, 5) is 3.88. The Morgan fingerprint density at radius 1 is 1.31 bits per heavy atom. The SMILES string of the molecule is Cc1cc(NC(C)(C)C(F)(F)F)ncc1Br. The lowest BCUT2D eigenvalue weighted by Crippen LogP contribution is -2.46. The smallest absolute Gasteiger partial charge is 0.357 e. The van der Waals surface area contributed by atoms with Gasteiger partial charge in [-0.25, -0.2) is 4.98 Å². The van der Waals surface area contributed by atoms with Gasteiger partial charge in [0.2, 0.25) is 0 Å². The van der Waals surface area contributed by atoms with Crippen LogP contribution in [0.5, 0.6) is 0 Å². The fourth-order valence-corrected chi connectivity index (χ4v) is 1.22. The first-order chi connectivity index (χ1) is 7.13. The lowest BCUT2D eigenvalue weighted by molar-refractivity contribution is -0.168. The Morgan fingerprint density at radius 3 is 2.31 bits per heavy atom. The molecule has 1 aromatic rings. The van der Waals surface area contributed by atoms with Crippen LogP contribution in [0.15, 0.2) is 16.7 Å². The molecule has 16 heavy (non-hydrogen) atoms. The molecule has 1 aromatic heterocycles. The Bertz CT molecular complexity index is 388. The molecule has 0 radical (unpaired) electrons. The minimum atomic E-state index is -4.32. The van der Waals surface area contributed by atoms with Crippen LogP contribution in [-0.2, 0) is 0 Å². The van der Waals surface area contributed by atoms with Crippen molar-refractivity contribution in [3.05, 3.63) is 22.3 Å². The number of halogens is 4. The Morgan fingerprint density at radius 2 is 1.88 bits per heavy atom. The molecule has 2 nitrogen and oxygen atoms in total. The highest BCUT2D eigenvalue weighted by molar-refractivity contribution is 9.10. The van der Waals surface area contributed by atoms with Crippen molar-refractivity contribution in [2.45, 2.75) is 32.5 Å². The molecule has 1 N–H and O–H groups in total. The van der Waals surface area contributed by atoms with Gasteiger partial charge in [0.05, 0.1) is 0 Å². The Labute approximate surface area is 100 Å². The van der Waals surface area contributed by atoms with Crippen LogP contribution in [0.2, 0.25) is 0 Å². The average molecular weight is 297 g/mol. The van der Waals surface area contributed by atoms with Gasteiger partial charge in [-0.2, -0.15) is 13.2 Å². The van der Waals surface area contributed by atoms with Crippen LogP contribution >= 0.6 is 15.9 Å². The predicted molar refractivity (Wildman–Crippen MR) is 60.4 cm³/mol. The minimum Gasteiger partial charge on any atom is -0.357 e. The summed E-state index contributed by atoms with van der Waals surface area (Å²) in [6.07, 6.45) is -2.85. The Kier molecular flexibility index (Phi) is 3.52. The van der Waals surface area contributed by atoms with Crippen LogP contribution in [0.25, 0.3) is 0 Å². The van der Waals surface area contributed by atoms with Crippen LogP contribution in [0.3, 0.4) is 0 Å². The number of anilines is 1. The van der Waals surface area contributed by atoms with Gasteiger partial charge in [-0.3, -0.25) is 0 Å². The fourth-order valence-electron chi connectivity index (χ4n) is 0.999. The first kappa shape index (κ1) is 13.3. The molecule has 0 spiro atoms. The number of hydrogen-bond acceptors (Lipinski definition) is 2. The quantitative estimate of drug-likeness (QED) is 0.895. The van der Waals surface area contributed by atoms with E-state index in [1.807, 2.05) is 0 Å². The van der Waals surface area contributed by atoms with Gasteiger partial charge in [0.15, 0.2) is 0 Å². The van der Waals surface area contributed by atoms with E-state index in [9.17, 15) is 13.2 Å². The summed E-state index contributed by atoms with van der Waals surface area (Å²) in [5.41, 5.74) is -1.17. The van der Waals surface area contributed by atoms with Gasteiger partial charge in [0.1, 0.15) is 11.4 Å². The zero-order valence-corrected chi connectivity index (χ0v) is 10.7. The molecule has 0 saturated carbocycles. The van der Waals surface area contributed by atoms with E-state index in [-0.39, 0.29) is 5.82 Å². The third kappa shape index (κ3) is 2.87. The summed E-state index contributed by atoms with van der Waals surface area (Å²) >= 11 is 3.24. The summed E-state index contributed by atoms with van der Waals surface area (Å²) in [5, 5.41) is 2.37. The summed E-state index contributed by atoms with van der Waals surface area (Å²) in [5.74, 6) is 0.211. The maximum atomic E-state index is 12.6. The maximum Gasteiger partial charge on any atom is 0.410 e. The second-order valence-corrected chi connectivity index (χ2v) is 4.92. The highest BCUT2D eigenvalue weighted by Crippen LogP contribution is 2.32. The van der Waals surface area contributed by atoms with Gasteiger partial charge in [0.25, 0.3) is 0 Å². The van der Waals surface area contributed by atoms with Crippen molar-refractivity contribution in [2.75, 3.05) is 5.32 Å². The molecule has 6 heteroatoms. The van der Waals surface area contributed by atoms with Crippen LogP contribution in [0, 0.1) is 6.92 Å². The van der Waals surface area contributed by atoms with E-state index in [0.29, 0.717) is 0 Å². The number of rotatable bonds is 2. The van der Waals surface area contributed by atoms with Gasteiger partial charge < -0.3 is 5.32 Å². The van der Waals surface area contributed by atoms with Crippen LogP contribution in [-0.4, -0.2) is 16.7 Å². The second-order valence-electron chi connectivity index (χ2n) is 4.07. The molecule has 0 aliphatic rings. The molecule has 0 amide bonds. The third-order valence-electron chi connectivity index (χ3n) is 2.20. The van der Waals surface area contributed by atoms with E-state index < -0.39 is 11.7 Å². The van der Waals surface area contributed by atoms with E-state index in [0.717, 1.165) is 23.9 Å². The van der Waals surface area contributed by atoms with Crippen LogP contribution in [0.1, 0.15) is 19.4 Å². The number of aromatic nitrogens is 1. The maximum absolute atomic E-state index is 12.6. The largest absolute Gasteiger partial charge is 0.410 e. The highest BCUT2D eigenvalue weighted by atomic mass is 79.9. The molecule has 0 atom stereocenters. The molecule has 0 bridgehead atoms. The zero-order chi connectivity index (χ0) is 12.6. The molecular weight excluding hydrogens is 285 g/mol. The number of aryl methyl sites for hydroxylation is 1. The molecule has 1 heterocycles. The molecule has 0 aliphatic heterocycles. The van der Waals surface area contributed by atoms with Gasteiger partial charge in [-0.15, -0.1) is 0 Å². The standard InChI is InChI=1S/C10H12BrF3N2/c1-6-4-8(15-5-7(6)11)16-9(2,3)10(12,13)14/h4-5H,1-3H3,(H,15,16). The van der Waals surface area contributed by atoms with Crippen molar-refractivity contribution in [2.24, 2.45) is 0 Å². The fraction of sp³-hybridized carbons (Fsp3) is 0.500. The zero-order valence-electron chi connectivity index (χ0n) is 9.11. The molecule has 90 valence electrons. The van der Waals surface area contributed by atoms with E-state index in [4.69, 9.17) is 0 Å². The molecule has 0 unspecified atom stereocenters. The topological polar surface area (TPSA) is 24.9 Å². The van der Waals surface area contributed by atoms with Crippen molar-refractivity contribution >= 4 is 21.7 Å². The van der Waals surface area contributed by atoms with Gasteiger partial charge in [-0.05, 0) is 48.3 Å². The Hall–Kier alpha value is -0.780. The summed E-state index contributed by atoms with van der Waals surface area (Å²) in [6.45, 7) is 3.94. The number of nitrogens with one attached hydrogen (secondary N) is 1. The number of nitrogens with zero attached hydrogens (tertiary/aromatic N) is 1. The van der Waals surface area contributed by atoms with Gasteiger partial charge in [-0.1, -0.05) is 0 Å². The van der Waals surface area contributed by atoms with Crippen LogP contribution < -0.4 is 5.32 Å². The van der Waals surface area contributed by atoms with Gasteiger partial charge in [0, 0.05) is 10.7 Å².